The molecule has 0 aliphatic rings. The van der Waals surface area contributed by atoms with E-state index in [9.17, 15) is 26.4 Å². The minimum Gasteiger partial charge on any atom is -0.494 e. The molecule has 0 saturated carbocycles. The molecule has 0 fully saturated rings. The van der Waals surface area contributed by atoms with Crippen molar-refractivity contribution in [2.45, 2.75) is 4.90 Å². The van der Waals surface area contributed by atoms with Crippen molar-refractivity contribution in [2.24, 2.45) is 0 Å². The molecular weight excluding hydrogens is 463 g/mol. The average Bonchev–Trinajstić information content (AvgIpc) is 3.26. The third-order valence-electron chi connectivity index (χ3n) is 4.54. The summed E-state index contributed by atoms with van der Waals surface area (Å²) in [6, 6.07) is 5.79. The van der Waals surface area contributed by atoms with E-state index in [1.165, 1.54) is 25.7 Å². The molecule has 0 unspecified atom stereocenters. The second-order valence-corrected chi connectivity index (χ2v) is 8.32. The number of hydrogen-bond acceptors (Lipinski definition) is 6. The van der Waals surface area contributed by atoms with Crippen LogP contribution in [-0.4, -0.2) is 36.4 Å². The van der Waals surface area contributed by atoms with Gasteiger partial charge in [-0.1, -0.05) is 0 Å². The number of carbonyl (C=O) groups excluding carboxylic acids is 1. The summed E-state index contributed by atoms with van der Waals surface area (Å²) in [6.07, 6.45) is 2.53. The Morgan fingerprint density at radius 1 is 1.06 bits per heavy atom. The number of halogens is 3. The summed E-state index contributed by atoms with van der Waals surface area (Å²) in [5.74, 6) is -4.55. The van der Waals surface area contributed by atoms with Gasteiger partial charge in [0.25, 0.3) is 15.9 Å². The molecule has 2 aromatic heterocycles. The molecule has 4 aromatic rings. The van der Waals surface area contributed by atoms with Crippen molar-refractivity contribution >= 4 is 38.5 Å². The molecule has 2 aromatic carbocycles. The molecule has 33 heavy (non-hydrogen) atoms. The number of amides is 1. The zero-order chi connectivity index (χ0) is 23.8. The van der Waals surface area contributed by atoms with Gasteiger partial charge in [0, 0.05) is 6.20 Å². The maximum atomic E-state index is 14.9. The molecule has 4 rings (SSSR count). The van der Waals surface area contributed by atoms with Crippen molar-refractivity contribution in [3.05, 3.63) is 71.9 Å². The van der Waals surface area contributed by atoms with E-state index in [-0.39, 0.29) is 11.3 Å². The summed E-state index contributed by atoms with van der Waals surface area (Å²) in [4.78, 5) is 22.6. The van der Waals surface area contributed by atoms with E-state index < -0.39 is 49.7 Å². The van der Waals surface area contributed by atoms with E-state index >= 15 is 0 Å². The number of carbonyl (C=O) groups is 1. The topological polar surface area (TPSA) is 126 Å². The van der Waals surface area contributed by atoms with Gasteiger partial charge in [-0.05, 0) is 36.4 Å². The number of hydrogen-bond donors (Lipinski definition) is 3. The second kappa shape index (κ2) is 8.43. The van der Waals surface area contributed by atoms with Crippen LogP contribution < -0.4 is 14.8 Å². The van der Waals surface area contributed by atoms with Crippen LogP contribution in [0.5, 0.6) is 5.75 Å². The lowest BCUT2D eigenvalue weighted by Gasteiger charge is -2.13. The number of nitrogens with zero attached hydrogens (tertiary/aromatic N) is 2. The highest BCUT2D eigenvalue weighted by atomic mass is 32.2. The fraction of sp³-hybridized carbons (Fsp3) is 0.0500. The quantitative estimate of drug-likeness (QED) is 0.391. The molecule has 0 saturated heterocycles. The van der Waals surface area contributed by atoms with Gasteiger partial charge in [0.15, 0.2) is 23.0 Å². The summed E-state index contributed by atoms with van der Waals surface area (Å²) in [6.45, 7) is 0. The molecule has 0 aliphatic heterocycles. The van der Waals surface area contributed by atoms with Crippen molar-refractivity contribution in [3.63, 3.8) is 0 Å². The van der Waals surface area contributed by atoms with E-state index in [1.807, 2.05) is 4.72 Å². The lowest BCUT2D eigenvalue weighted by molar-refractivity contribution is 0.102. The maximum absolute atomic E-state index is 14.9. The number of anilines is 2. The third-order valence-corrected chi connectivity index (χ3v) is 5.91. The van der Waals surface area contributed by atoms with Crippen molar-refractivity contribution in [1.29, 1.82) is 0 Å². The number of fused-ring (bicyclic) bond motifs is 1. The Morgan fingerprint density at radius 2 is 1.85 bits per heavy atom. The van der Waals surface area contributed by atoms with Gasteiger partial charge >= 0.3 is 0 Å². The molecule has 2 heterocycles. The fourth-order valence-electron chi connectivity index (χ4n) is 2.90. The molecule has 0 radical (unpaired) electrons. The van der Waals surface area contributed by atoms with E-state index in [2.05, 4.69) is 20.3 Å². The average molecular weight is 477 g/mol. The van der Waals surface area contributed by atoms with Crippen LogP contribution in [0.25, 0.3) is 11.2 Å². The smallest absolute Gasteiger partial charge is 0.262 e. The van der Waals surface area contributed by atoms with E-state index in [0.29, 0.717) is 17.2 Å². The Kier molecular flexibility index (Phi) is 5.64. The number of pyridine rings is 1. The van der Waals surface area contributed by atoms with Crippen molar-refractivity contribution < 1.29 is 31.1 Å². The van der Waals surface area contributed by atoms with Crippen LogP contribution in [0.3, 0.4) is 0 Å². The summed E-state index contributed by atoms with van der Waals surface area (Å²) < 4.78 is 74.9. The Bertz CT molecular complexity index is 1490. The highest BCUT2D eigenvalue weighted by Gasteiger charge is 2.23. The minimum absolute atomic E-state index is 0.0229. The van der Waals surface area contributed by atoms with Gasteiger partial charge in [-0.2, -0.15) is 0 Å². The van der Waals surface area contributed by atoms with Crippen LogP contribution in [0.1, 0.15) is 10.4 Å². The molecule has 13 heteroatoms. The Labute approximate surface area is 184 Å². The first-order valence-corrected chi connectivity index (χ1v) is 10.6. The van der Waals surface area contributed by atoms with Crippen LogP contribution in [0.4, 0.5) is 24.5 Å². The fourth-order valence-corrected chi connectivity index (χ4v) is 3.97. The number of benzene rings is 2. The van der Waals surface area contributed by atoms with Gasteiger partial charge in [-0.15, -0.1) is 0 Å². The number of rotatable bonds is 6. The van der Waals surface area contributed by atoms with Gasteiger partial charge in [0.05, 0.1) is 35.1 Å². The Hall–Kier alpha value is -4.13. The van der Waals surface area contributed by atoms with Gasteiger partial charge in [0.1, 0.15) is 11.5 Å². The summed E-state index contributed by atoms with van der Waals surface area (Å²) >= 11 is 0. The zero-order valence-electron chi connectivity index (χ0n) is 16.7. The van der Waals surface area contributed by atoms with Gasteiger partial charge < -0.3 is 15.0 Å². The first kappa shape index (κ1) is 22.1. The third kappa shape index (κ3) is 4.30. The normalized spacial score (nSPS) is 11.4. The van der Waals surface area contributed by atoms with Crippen LogP contribution >= 0.6 is 0 Å². The first-order chi connectivity index (χ1) is 15.7. The molecule has 170 valence electrons. The molecule has 3 N–H and O–H groups in total. The van der Waals surface area contributed by atoms with Crippen molar-refractivity contribution in [2.75, 3.05) is 17.1 Å². The SMILES string of the molecule is COc1ccc(S(=O)(=O)Nc2ccc(F)c(NC(=O)c3cnc4nc[nH]c4c3)c2F)cc1F. The van der Waals surface area contributed by atoms with Crippen LogP contribution in [0.2, 0.25) is 0 Å². The van der Waals surface area contributed by atoms with Gasteiger partial charge in [-0.25, -0.2) is 31.6 Å². The van der Waals surface area contributed by atoms with E-state index in [4.69, 9.17) is 4.74 Å². The predicted octanol–water partition coefficient (Wildman–Crippen LogP) is 3.44. The number of imidazole rings is 1. The number of ether oxygens (including phenoxy) is 1. The van der Waals surface area contributed by atoms with E-state index in [0.717, 1.165) is 24.3 Å². The summed E-state index contributed by atoms with van der Waals surface area (Å²) in [5.41, 5.74) is -0.798. The zero-order valence-corrected chi connectivity index (χ0v) is 17.5. The minimum atomic E-state index is -4.45. The number of aromatic amines is 1. The molecule has 0 aliphatic carbocycles. The molecule has 1 amide bonds. The standard InChI is InChI=1S/C20H14F3N5O4S/c1-32-16-5-2-11(7-13(16)22)33(30,31)28-14-4-3-12(21)18(17(14)23)27-20(29)10-6-15-19(24-8-10)26-9-25-15/h2-9,28H,1H3,(H,27,29)(H,24,25,26). The number of aromatic nitrogens is 3. The lowest BCUT2D eigenvalue weighted by atomic mass is 10.2. The predicted molar refractivity (Wildman–Crippen MR) is 112 cm³/mol. The number of sulfonamides is 1. The molecule has 0 bridgehead atoms. The summed E-state index contributed by atoms with van der Waals surface area (Å²) in [5, 5.41) is 2.07. The van der Waals surface area contributed by atoms with Gasteiger partial charge in [0.2, 0.25) is 0 Å². The molecule has 0 atom stereocenters. The van der Waals surface area contributed by atoms with Crippen LogP contribution in [-0.2, 0) is 10.0 Å². The highest BCUT2D eigenvalue weighted by molar-refractivity contribution is 7.92. The number of H-pyrrole nitrogens is 1. The first-order valence-electron chi connectivity index (χ1n) is 9.14. The maximum Gasteiger partial charge on any atom is 0.262 e. The summed E-state index contributed by atoms with van der Waals surface area (Å²) in [7, 11) is -3.25. The Balaban J connectivity index is 1.62. The van der Waals surface area contributed by atoms with Gasteiger partial charge in [-0.3, -0.25) is 9.52 Å². The number of methoxy groups -OCH3 is 1. The lowest BCUT2D eigenvalue weighted by Crippen LogP contribution is -2.18. The van der Waals surface area contributed by atoms with Crippen molar-refractivity contribution in [3.8, 4) is 5.75 Å². The monoisotopic (exact) mass is 477 g/mol. The second-order valence-electron chi connectivity index (χ2n) is 6.64. The molecule has 0 spiro atoms. The highest BCUT2D eigenvalue weighted by Crippen LogP contribution is 2.29. The molecular formula is C20H14F3N5O4S. The van der Waals surface area contributed by atoms with Crippen molar-refractivity contribution in [1.82, 2.24) is 15.0 Å². The van der Waals surface area contributed by atoms with Crippen LogP contribution in [0.15, 0.2) is 53.8 Å². The number of nitrogens with one attached hydrogen (secondary N) is 3. The molecule has 9 nitrogen and oxygen atoms in total. The Morgan fingerprint density at radius 3 is 2.58 bits per heavy atom. The van der Waals surface area contributed by atoms with Crippen LogP contribution in [0, 0.1) is 17.5 Å². The largest absolute Gasteiger partial charge is 0.494 e. The van der Waals surface area contributed by atoms with E-state index in [1.54, 1.807) is 0 Å².